The van der Waals surface area contributed by atoms with Gasteiger partial charge in [-0.1, -0.05) is 108 Å². The lowest BCUT2D eigenvalue weighted by molar-refractivity contribution is -0.153. The number of oxime groups is 1. The summed E-state index contributed by atoms with van der Waals surface area (Å²) in [5, 5.41) is 13.0. The molecule has 8 rings (SSSR count). The van der Waals surface area contributed by atoms with Gasteiger partial charge in [0.2, 0.25) is 0 Å². The first-order valence-corrected chi connectivity index (χ1v) is 21.8. The largest absolute Gasteiger partial charge is 0.497 e. The van der Waals surface area contributed by atoms with Crippen molar-refractivity contribution in [3.8, 4) is 5.75 Å². The van der Waals surface area contributed by atoms with Crippen molar-refractivity contribution in [1.82, 2.24) is 15.2 Å². The minimum atomic E-state index is -0.869. The lowest BCUT2D eigenvalue weighted by Crippen LogP contribution is -2.70. The summed E-state index contributed by atoms with van der Waals surface area (Å²) in [6.45, 7) is 0.00835. The first-order valence-electron chi connectivity index (χ1n) is 19.3. The summed E-state index contributed by atoms with van der Waals surface area (Å²) in [7, 11) is 1.57. The molecule has 2 amide bonds. The van der Waals surface area contributed by atoms with Crippen LogP contribution in [-0.4, -0.2) is 64.0 Å². The SMILES string of the molecule is COc1ccc(COC(=O)C2=C(CCl)CS[C@@H]3[C@H](NC(=O)/C=N\OC4(c5csc(NC(c6ccccc6)(c6ccccc6)c6ccccc6)n5)CCCC4)C(=O)N23)cc1. The van der Waals surface area contributed by atoms with Gasteiger partial charge in [0.1, 0.15) is 41.2 Å². The Bertz CT molecular complexity index is 2240. The third kappa shape index (κ3) is 8.06. The van der Waals surface area contributed by atoms with Gasteiger partial charge in [-0.05, 0) is 65.6 Å². The molecule has 2 N–H and O–H groups in total. The number of hydrogen-bond donors (Lipinski definition) is 2. The van der Waals surface area contributed by atoms with Gasteiger partial charge in [0.15, 0.2) is 10.7 Å². The van der Waals surface area contributed by atoms with E-state index in [0.29, 0.717) is 35.0 Å². The number of carbonyl (C=O) groups is 3. The van der Waals surface area contributed by atoms with Crippen LogP contribution in [0.1, 0.15) is 53.6 Å². The smallest absolute Gasteiger partial charge is 0.355 e. The molecule has 1 aliphatic carbocycles. The zero-order chi connectivity index (χ0) is 40.8. The molecule has 0 bridgehead atoms. The summed E-state index contributed by atoms with van der Waals surface area (Å²) in [4.78, 5) is 52.7. The molecule has 5 aromatic rings. The molecule has 59 heavy (non-hydrogen) atoms. The maximum Gasteiger partial charge on any atom is 0.355 e. The van der Waals surface area contributed by atoms with E-state index in [0.717, 1.165) is 47.0 Å². The average molecular weight is 848 g/mol. The van der Waals surface area contributed by atoms with E-state index >= 15 is 0 Å². The molecule has 3 aliphatic rings. The number of nitrogens with zero attached hydrogens (tertiary/aromatic N) is 3. The summed E-state index contributed by atoms with van der Waals surface area (Å²) >= 11 is 9.12. The third-order valence-electron chi connectivity index (χ3n) is 10.9. The van der Waals surface area contributed by atoms with Crippen LogP contribution in [0.3, 0.4) is 0 Å². The number of halogens is 1. The van der Waals surface area contributed by atoms with Crippen LogP contribution >= 0.6 is 34.7 Å². The van der Waals surface area contributed by atoms with Gasteiger partial charge in [0.05, 0.1) is 12.8 Å². The number of anilines is 1. The molecule has 1 saturated carbocycles. The van der Waals surface area contributed by atoms with Crippen LogP contribution in [0.25, 0.3) is 0 Å². The van der Waals surface area contributed by atoms with E-state index in [2.05, 4.69) is 52.2 Å². The number of thiazole rings is 1. The maximum absolute atomic E-state index is 13.5. The highest BCUT2D eigenvalue weighted by atomic mass is 35.5. The second-order valence-electron chi connectivity index (χ2n) is 14.4. The molecule has 4 aromatic carbocycles. The van der Waals surface area contributed by atoms with Gasteiger partial charge in [-0.2, -0.15) is 0 Å². The molecule has 2 atom stereocenters. The molecule has 14 heteroatoms. The topological polar surface area (TPSA) is 131 Å². The number of benzene rings is 4. The van der Waals surface area contributed by atoms with Crippen molar-refractivity contribution < 1.29 is 28.7 Å². The quantitative estimate of drug-likeness (QED) is 0.0269. The van der Waals surface area contributed by atoms with Crippen molar-refractivity contribution in [2.24, 2.45) is 5.16 Å². The number of thioether (sulfide) groups is 1. The van der Waals surface area contributed by atoms with Crippen LogP contribution in [0.15, 0.2) is 137 Å². The van der Waals surface area contributed by atoms with E-state index in [9.17, 15) is 14.4 Å². The minimum Gasteiger partial charge on any atom is -0.497 e. The first-order chi connectivity index (χ1) is 28.8. The Morgan fingerprint density at radius 1 is 0.932 bits per heavy atom. The fourth-order valence-corrected chi connectivity index (χ4v) is 10.4. The number of methoxy groups -OCH3 is 1. The molecule has 1 saturated heterocycles. The predicted molar refractivity (Wildman–Crippen MR) is 230 cm³/mol. The number of hydrogen-bond acceptors (Lipinski definition) is 11. The van der Waals surface area contributed by atoms with Crippen LogP contribution in [0, 0.1) is 0 Å². The Labute approximate surface area is 355 Å². The van der Waals surface area contributed by atoms with Gasteiger partial charge in [0, 0.05) is 17.0 Å². The monoisotopic (exact) mass is 847 g/mol. The molecule has 0 unspecified atom stereocenters. The normalized spacial score (nSPS) is 18.5. The molecule has 3 heterocycles. The average Bonchev–Trinajstić information content (AvgIpc) is 3.98. The van der Waals surface area contributed by atoms with Crippen LogP contribution < -0.4 is 15.4 Å². The summed E-state index contributed by atoms with van der Waals surface area (Å²) in [6.07, 6.45) is 4.25. The van der Waals surface area contributed by atoms with E-state index < -0.39 is 40.3 Å². The second kappa shape index (κ2) is 17.7. The minimum absolute atomic E-state index is 0.00835. The highest BCUT2D eigenvalue weighted by Crippen LogP contribution is 2.46. The van der Waals surface area contributed by atoms with Gasteiger partial charge in [0.25, 0.3) is 11.8 Å². The fourth-order valence-electron chi connectivity index (χ4n) is 7.90. The Kier molecular flexibility index (Phi) is 12.0. The van der Waals surface area contributed by atoms with Crippen LogP contribution in [-0.2, 0) is 41.7 Å². The number of β-lactam (4-membered cyclic amide) rings is 1. The van der Waals surface area contributed by atoms with E-state index in [-0.39, 0.29) is 18.2 Å². The number of amides is 2. The standard InChI is InChI=1S/C45H42ClN5O6S2/c1-55-35-21-19-30(20-22-35)27-56-42(54)39-31(25-46)28-58-41-38(40(53)51(39)41)49-37(52)26-47-57-44(23-11-12-24-44)36-29-59-43(48-36)50-45(32-13-5-2-6-14-32,33-15-7-3-8-16-33)34-17-9-4-10-18-34/h2-10,13-22,26,29,38,41H,11-12,23-25,27-28H2,1H3,(H,48,50)(H,49,52)/b47-26-/t38-,41-/m1/s1. The molecule has 2 aliphatic heterocycles. The Hall–Kier alpha value is -5.63. The van der Waals surface area contributed by atoms with E-state index in [1.807, 2.05) is 60.0 Å². The Morgan fingerprint density at radius 3 is 2.12 bits per heavy atom. The Balaban J connectivity index is 0.949. The van der Waals surface area contributed by atoms with Gasteiger partial charge in [-0.25, -0.2) is 9.78 Å². The molecule has 11 nitrogen and oxygen atoms in total. The number of aromatic nitrogens is 1. The van der Waals surface area contributed by atoms with E-state index in [4.69, 9.17) is 30.9 Å². The van der Waals surface area contributed by atoms with E-state index in [1.165, 1.54) is 28.0 Å². The van der Waals surface area contributed by atoms with Crippen molar-refractivity contribution in [3.63, 3.8) is 0 Å². The summed E-state index contributed by atoms with van der Waals surface area (Å²) < 4.78 is 10.8. The molecule has 0 radical (unpaired) electrons. The molecular formula is C45H42ClN5O6S2. The van der Waals surface area contributed by atoms with Crippen molar-refractivity contribution in [2.45, 2.75) is 54.8 Å². The summed E-state index contributed by atoms with van der Waals surface area (Å²) in [6, 6.07) is 37.3. The number of alkyl halides is 1. The van der Waals surface area contributed by atoms with Gasteiger partial charge in [-0.15, -0.1) is 34.7 Å². The number of ether oxygens (including phenoxy) is 2. The number of fused-ring (bicyclic) bond motifs is 1. The van der Waals surface area contributed by atoms with Crippen molar-refractivity contribution >= 4 is 63.8 Å². The Morgan fingerprint density at radius 2 is 1.54 bits per heavy atom. The maximum atomic E-state index is 13.5. The zero-order valence-electron chi connectivity index (χ0n) is 32.2. The molecule has 0 spiro atoms. The number of carbonyl (C=O) groups excluding carboxylic acids is 3. The lowest BCUT2D eigenvalue weighted by atomic mass is 9.77. The zero-order valence-corrected chi connectivity index (χ0v) is 34.6. The lowest BCUT2D eigenvalue weighted by Gasteiger charge is -2.49. The molecule has 1 aromatic heterocycles. The number of esters is 1. The van der Waals surface area contributed by atoms with Gasteiger partial charge in [-0.3, -0.25) is 14.5 Å². The van der Waals surface area contributed by atoms with Crippen LogP contribution in [0.2, 0.25) is 0 Å². The third-order valence-corrected chi connectivity index (χ3v) is 13.3. The van der Waals surface area contributed by atoms with E-state index in [1.54, 1.807) is 31.4 Å². The molecule has 2 fully saturated rings. The van der Waals surface area contributed by atoms with Gasteiger partial charge >= 0.3 is 5.97 Å². The highest BCUT2D eigenvalue weighted by molar-refractivity contribution is 8.00. The van der Waals surface area contributed by atoms with Crippen molar-refractivity contribution in [1.29, 1.82) is 0 Å². The van der Waals surface area contributed by atoms with Crippen LogP contribution in [0.4, 0.5) is 5.13 Å². The summed E-state index contributed by atoms with van der Waals surface area (Å²) in [5.74, 6) is -0.525. The fraction of sp³-hybridized carbons (Fsp3) is 0.267. The van der Waals surface area contributed by atoms with Crippen molar-refractivity contribution in [2.75, 3.05) is 24.1 Å². The predicted octanol–water partition coefficient (Wildman–Crippen LogP) is 7.96. The highest BCUT2D eigenvalue weighted by Gasteiger charge is 2.54. The van der Waals surface area contributed by atoms with Crippen LogP contribution in [0.5, 0.6) is 5.75 Å². The first kappa shape index (κ1) is 40.2. The molecule has 302 valence electrons. The van der Waals surface area contributed by atoms with Crippen molar-refractivity contribution in [3.05, 3.63) is 160 Å². The number of nitrogens with one attached hydrogen (secondary N) is 2. The van der Waals surface area contributed by atoms with Gasteiger partial charge < -0.3 is 24.9 Å². The summed E-state index contributed by atoms with van der Waals surface area (Å²) in [5.41, 5.74) is 3.83. The molecular weight excluding hydrogens is 806 g/mol. The second-order valence-corrected chi connectivity index (χ2v) is 16.7. The number of rotatable bonds is 15.